The Morgan fingerprint density at radius 3 is 2.79 bits per heavy atom. The van der Waals surface area contributed by atoms with Crippen molar-refractivity contribution in [2.45, 2.75) is 6.42 Å². The molecule has 0 spiro atoms. The SMILES string of the molecule is COc1cc(C2=C3CC=CC=C3N(C)c3ccccc32)ccc1N. The Balaban J connectivity index is 2.01. The van der Waals surface area contributed by atoms with Crippen molar-refractivity contribution < 1.29 is 4.74 Å². The fraction of sp³-hybridized carbons (Fsp3) is 0.143. The van der Waals surface area contributed by atoms with Crippen molar-refractivity contribution in [3.05, 3.63) is 83.1 Å². The number of methoxy groups -OCH3 is 1. The summed E-state index contributed by atoms with van der Waals surface area (Å²) in [6, 6.07) is 14.6. The molecular weight excluding hydrogens is 296 g/mol. The summed E-state index contributed by atoms with van der Waals surface area (Å²) in [4.78, 5) is 2.27. The minimum atomic E-state index is 0.660. The van der Waals surface area contributed by atoms with Crippen LogP contribution in [0.15, 0.2) is 72.0 Å². The average Bonchev–Trinajstić information content (AvgIpc) is 2.63. The number of benzene rings is 2. The predicted molar refractivity (Wildman–Crippen MR) is 100 cm³/mol. The molecule has 1 aliphatic heterocycles. The highest BCUT2D eigenvalue weighted by atomic mass is 16.5. The van der Waals surface area contributed by atoms with Gasteiger partial charge in [-0.25, -0.2) is 0 Å². The molecule has 0 aromatic heterocycles. The van der Waals surface area contributed by atoms with Gasteiger partial charge in [-0.15, -0.1) is 0 Å². The molecule has 2 aliphatic rings. The van der Waals surface area contributed by atoms with E-state index in [4.69, 9.17) is 10.5 Å². The van der Waals surface area contributed by atoms with Crippen LogP contribution in [0.5, 0.6) is 5.75 Å². The van der Waals surface area contributed by atoms with Gasteiger partial charge in [-0.1, -0.05) is 36.4 Å². The normalized spacial score (nSPS) is 15.8. The van der Waals surface area contributed by atoms with Crippen LogP contribution in [-0.2, 0) is 0 Å². The van der Waals surface area contributed by atoms with E-state index in [1.54, 1.807) is 7.11 Å². The monoisotopic (exact) mass is 316 g/mol. The highest BCUT2D eigenvalue weighted by Gasteiger charge is 2.27. The number of hydrogen-bond acceptors (Lipinski definition) is 3. The van der Waals surface area contributed by atoms with E-state index in [1.165, 1.54) is 28.1 Å². The summed E-state index contributed by atoms with van der Waals surface area (Å²) in [6.45, 7) is 0. The van der Waals surface area contributed by atoms with Crippen molar-refractivity contribution >= 4 is 16.9 Å². The molecule has 0 saturated carbocycles. The molecule has 120 valence electrons. The number of anilines is 2. The minimum absolute atomic E-state index is 0.660. The summed E-state index contributed by atoms with van der Waals surface area (Å²) in [5.74, 6) is 0.717. The standard InChI is InChI=1S/C21H20N2O/c1-23-18-9-5-3-7-15(18)21(16-8-4-6-10-19(16)23)14-11-12-17(22)20(13-14)24-2/h3-7,9-13H,8,22H2,1-2H3. The molecular formula is C21H20N2O. The van der Waals surface area contributed by atoms with Gasteiger partial charge >= 0.3 is 0 Å². The third-order valence-corrected chi connectivity index (χ3v) is 4.74. The molecule has 0 bridgehead atoms. The van der Waals surface area contributed by atoms with Crippen LogP contribution in [-0.4, -0.2) is 14.2 Å². The molecule has 0 atom stereocenters. The number of allylic oxidation sites excluding steroid dienone is 4. The number of hydrogen-bond donors (Lipinski definition) is 1. The van der Waals surface area contributed by atoms with E-state index in [2.05, 4.69) is 60.5 Å². The van der Waals surface area contributed by atoms with Crippen LogP contribution >= 0.6 is 0 Å². The molecule has 0 unspecified atom stereocenters. The Kier molecular flexibility index (Phi) is 3.42. The van der Waals surface area contributed by atoms with Crippen molar-refractivity contribution in [1.29, 1.82) is 0 Å². The van der Waals surface area contributed by atoms with Crippen LogP contribution in [0.4, 0.5) is 11.4 Å². The molecule has 0 fully saturated rings. The highest BCUT2D eigenvalue weighted by molar-refractivity contribution is 5.95. The Morgan fingerprint density at radius 2 is 1.96 bits per heavy atom. The van der Waals surface area contributed by atoms with Gasteiger partial charge in [-0.2, -0.15) is 0 Å². The number of nitrogen functional groups attached to an aromatic ring is 1. The molecule has 2 aromatic rings. The summed E-state index contributed by atoms with van der Waals surface area (Å²) >= 11 is 0. The van der Waals surface area contributed by atoms with Crippen LogP contribution in [0, 0.1) is 0 Å². The summed E-state index contributed by atoms with van der Waals surface area (Å²) in [7, 11) is 3.79. The number of ether oxygens (including phenoxy) is 1. The van der Waals surface area contributed by atoms with Gasteiger partial charge in [0.25, 0.3) is 0 Å². The number of fused-ring (bicyclic) bond motifs is 2. The first kappa shape index (κ1) is 14.6. The van der Waals surface area contributed by atoms with Gasteiger partial charge in [0.1, 0.15) is 5.75 Å². The molecule has 0 saturated heterocycles. The summed E-state index contributed by atoms with van der Waals surface area (Å²) < 4.78 is 5.43. The predicted octanol–water partition coefficient (Wildman–Crippen LogP) is 4.37. The van der Waals surface area contributed by atoms with E-state index in [9.17, 15) is 0 Å². The zero-order valence-electron chi connectivity index (χ0n) is 13.9. The maximum atomic E-state index is 6.01. The van der Waals surface area contributed by atoms with Crippen molar-refractivity contribution in [1.82, 2.24) is 0 Å². The maximum absolute atomic E-state index is 6.01. The van der Waals surface area contributed by atoms with Gasteiger partial charge in [0.15, 0.2) is 0 Å². The van der Waals surface area contributed by atoms with Gasteiger partial charge in [0.05, 0.1) is 12.8 Å². The Bertz CT molecular complexity index is 906. The number of para-hydroxylation sites is 1. The second-order valence-corrected chi connectivity index (χ2v) is 6.07. The number of nitrogens with two attached hydrogens (primary N) is 1. The van der Waals surface area contributed by atoms with Gasteiger partial charge in [-0.05, 0) is 47.4 Å². The average molecular weight is 316 g/mol. The second-order valence-electron chi connectivity index (χ2n) is 6.07. The van der Waals surface area contributed by atoms with E-state index in [1.807, 2.05) is 12.1 Å². The van der Waals surface area contributed by atoms with Gasteiger partial charge in [-0.3, -0.25) is 0 Å². The van der Waals surface area contributed by atoms with Crippen LogP contribution in [0.2, 0.25) is 0 Å². The quantitative estimate of drug-likeness (QED) is 0.836. The summed E-state index contributed by atoms with van der Waals surface area (Å²) in [5, 5.41) is 0. The number of nitrogens with zero attached hydrogens (tertiary/aromatic N) is 1. The second kappa shape index (κ2) is 5.60. The molecule has 3 nitrogen and oxygen atoms in total. The Hall–Kier alpha value is -2.94. The lowest BCUT2D eigenvalue weighted by Gasteiger charge is -2.35. The van der Waals surface area contributed by atoms with Crippen LogP contribution < -0.4 is 15.4 Å². The van der Waals surface area contributed by atoms with Crippen molar-refractivity contribution in [2.24, 2.45) is 0 Å². The zero-order chi connectivity index (χ0) is 16.7. The maximum Gasteiger partial charge on any atom is 0.142 e. The fourth-order valence-corrected chi connectivity index (χ4v) is 3.56. The molecule has 2 N–H and O–H groups in total. The van der Waals surface area contributed by atoms with E-state index in [-0.39, 0.29) is 0 Å². The Morgan fingerprint density at radius 1 is 1.12 bits per heavy atom. The molecule has 0 radical (unpaired) electrons. The number of likely N-dealkylation sites (N-methyl/N-ethyl adjacent to an activating group) is 1. The highest BCUT2D eigenvalue weighted by Crippen LogP contribution is 2.45. The smallest absolute Gasteiger partial charge is 0.142 e. The van der Waals surface area contributed by atoms with E-state index < -0.39 is 0 Å². The lowest BCUT2D eigenvalue weighted by molar-refractivity contribution is 0.417. The van der Waals surface area contributed by atoms with Crippen LogP contribution in [0.1, 0.15) is 17.5 Å². The lowest BCUT2D eigenvalue weighted by atomic mass is 9.84. The minimum Gasteiger partial charge on any atom is -0.495 e. The van der Waals surface area contributed by atoms with E-state index in [0.717, 1.165) is 12.0 Å². The summed E-state index contributed by atoms with van der Waals surface area (Å²) in [6.07, 6.45) is 7.44. The van der Waals surface area contributed by atoms with Gasteiger partial charge < -0.3 is 15.4 Å². The van der Waals surface area contributed by atoms with Crippen LogP contribution in [0.3, 0.4) is 0 Å². The molecule has 24 heavy (non-hydrogen) atoms. The molecule has 4 rings (SSSR count). The first-order chi connectivity index (χ1) is 11.7. The molecule has 3 heteroatoms. The van der Waals surface area contributed by atoms with Crippen molar-refractivity contribution in [2.75, 3.05) is 24.8 Å². The van der Waals surface area contributed by atoms with Crippen LogP contribution in [0.25, 0.3) is 5.57 Å². The van der Waals surface area contributed by atoms with Crippen molar-refractivity contribution in [3.63, 3.8) is 0 Å². The third-order valence-electron chi connectivity index (χ3n) is 4.74. The largest absolute Gasteiger partial charge is 0.495 e. The zero-order valence-corrected chi connectivity index (χ0v) is 13.9. The molecule has 1 aliphatic carbocycles. The van der Waals surface area contributed by atoms with Gasteiger partial charge in [0.2, 0.25) is 0 Å². The topological polar surface area (TPSA) is 38.5 Å². The summed E-state index contributed by atoms with van der Waals surface area (Å²) in [5.41, 5.74) is 14.1. The van der Waals surface area contributed by atoms with Gasteiger partial charge in [0, 0.05) is 24.0 Å². The molecule has 1 heterocycles. The third kappa shape index (κ3) is 2.13. The van der Waals surface area contributed by atoms with Crippen molar-refractivity contribution in [3.8, 4) is 5.75 Å². The Labute approximate surface area is 142 Å². The fourth-order valence-electron chi connectivity index (χ4n) is 3.56. The molecule has 2 aromatic carbocycles. The lowest BCUT2D eigenvalue weighted by Crippen LogP contribution is -2.25. The first-order valence-electron chi connectivity index (χ1n) is 8.08. The first-order valence-corrected chi connectivity index (χ1v) is 8.08. The van der Waals surface area contributed by atoms with E-state index >= 15 is 0 Å². The molecule has 0 amide bonds. The van der Waals surface area contributed by atoms with E-state index in [0.29, 0.717) is 11.4 Å². The number of rotatable bonds is 2.